The molecule has 3 heterocycles. The molecule has 6 nitrogen and oxygen atoms in total. The Kier molecular flexibility index (Phi) is 2.83. The number of thiazole rings is 1. The predicted molar refractivity (Wildman–Crippen MR) is 64.2 cm³/mol. The summed E-state index contributed by atoms with van der Waals surface area (Å²) in [6.45, 7) is 2.48. The Balaban J connectivity index is 1.85. The zero-order valence-corrected chi connectivity index (χ0v) is 10.7. The topological polar surface area (TPSA) is 72.1 Å². The second-order valence-electron chi connectivity index (χ2n) is 4.21. The first kappa shape index (κ1) is 11.3. The van der Waals surface area contributed by atoms with Crippen molar-refractivity contribution in [3.63, 3.8) is 0 Å². The van der Waals surface area contributed by atoms with E-state index in [0.29, 0.717) is 24.0 Å². The number of rotatable bonds is 2. The number of hydrogen-bond acceptors (Lipinski definition) is 6. The molecule has 3 rings (SSSR count). The standard InChI is InChI=1S/C11H12N4O2S/c1-7-13-10(17-14-7)9-3-2-4-15(9)11(16)8-5-18-6-12-8/h5-6,9H,2-4H2,1H3. The van der Waals surface area contributed by atoms with Gasteiger partial charge >= 0.3 is 0 Å². The third kappa shape index (κ3) is 1.90. The molecule has 0 spiro atoms. The average Bonchev–Trinajstić information content (AvgIpc) is 3.09. The lowest BCUT2D eigenvalue weighted by atomic mass is 10.2. The van der Waals surface area contributed by atoms with Gasteiger partial charge in [-0.1, -0.05) is 5.16 Å². The van der Waals surface area contributed by atoms with Gasteiger partial charge in [-0.15, -0.1) is 11.3 Å². The molecule has 0 saturated carbocycles. The average molecular weight is 264 g/mol. The van der Waals surface area contributed by atoms with E-state index in [2.05, 4.69) is 15.1 Å². The van der Waals surface area contributed by atoms with E-state index in [4.69, 9.17) is 4.52 Å². The Morgan fingerprint density at radius 1 is 1.61 bits per heavy atom. The van der Waals surface area contributed by atoms with Crippen molar-refractivity contribution in [2.75, 3.05) is 6.54 Å². The van der Waals surface area contributed by atoms with Crippen molar-refractivity contribution in [2.24, 2.45) is 0 Å². The van der Waals surface area contributed by atoms with Gasteiger partial charge in [0.1, 0.15) is 11.7 Å². The molecule has 1 aliphatic heterocycles. The van der Waals surface area contributed by atoms with Gasteiger partial charge in [-0.2, -0.15) is 4.98 Å². The van der Waals surface area contributed by atoms with Gasteiger partial charge in [0.2, 0.25) is 5.89 Å². The molecule has 1 fully saturated rings. The summed E-state index contributed by atoms with van der Waals surface area (Å²) in [5.41, 5.74) is 2.15. The molecule has 1 saturated heterocycles. The molecular formula is C11H12N4O2S. The molecule has 1 unspecified atom stereocenters. The summed E-state index contributed by atoms with van der Waals surface area (Å²) < 4.78 is 5.17. The highest BCUT2D eigenvalue weighted by Gasteiger charge is 2.34. The lowest BCUT2D eigenvalue weighted by Gasteiger charge is -2.20. The van der Waals surface area contributed by atoms with Crippen LogP contribution in [0.4, 0.5) is 0 Å². The van der Waals surface area contributed by atoms with Crippen LogP contribution >= 0.6 is 11.3 Å². The normalized spacial score (nSPS) is 19.4. The Morgan fingerprint density at radius 2 is 2.50 bits per heavy atom. The molecule has 0 radical (unpaired) electrons. The SMILES string of the molecule is Cc1noc(C2CCCN2C(=O)c2cscn2)n1. The fraction of sp³-hybridized carbons (Fsp3) is 0.455. The number of nitrogens with zero attached hydrogens (tertiary/aromatic N) is 4. The number of aromatic nitrogens is 3. The van der Waals surface area contributed by atoms with Crippen molar-refractivity contribution in [3.8, 4) is 0 Å². The summed E-state index contributed by atoms with van der Waals surface area (Å²) >= 11 is 1.42. The Morgan fingerprint density at radius 3 is 3.17 bits per heavy atom. The quantitative estimate of drug-likeness (QED) is 0.827. The maximum absolute atomic E-state index is 12.3. The van der Waals surface area contributed by atoms with Crippen molar-refractivity contribution in [2.45, 2.75) is 25.8 Å². The lowest BCUT2D eigenvalue weighted by Crippen LogP contribution is -2.30. The summed E-state index contributed by atoms with van der Waals surface area (Å²) in [4.78, 5) is 22.3. The molecule has 0 aliphatic carbocycles. The Hall–Kier alpha value is -1.76. The molecule has 0 aromatic carbocycles. The van der Waals surface area contributed by atoms with Gasteiger partial charge in [-0.3, -0.25) is 4.79 Å². The molecule has 1 amide bonds. The minimum absolute atomic E-state index is 0.0606. The van der Waals surface area contributed by atoms with E-state index >= 15 is 0 Å². The molecule has 0 bridgehead atoms. The summed E-state index contributed by atoms with van der Waals surface area (Å²) in [6, 6.07) is -0.111. The monoisotopic (exact) mass is 264 g/mol. The van der Waals surface area contributed by atoms with Gasteiger partial charge in [0.25, 0.3) is 5.91 Å². The maximum Gasteiger partial charge on any atom is 0.274 e. The number of likely N-dealkylation sites (tertiary alicyclic amines) is 1. The fourth-order valence-corrected chi connectivity index (χ4v) is 2.71. The molecule has 94 valence electrons. The van der Waals surface area contributed by atoms with Crippen LogP contribution in [0.1, 0.15) is 41.1 Å². The molecule has 2 aromatic heterocycles. The number of carbonyl (C=O) groups excluding carboxylic acids is 1. The smallest absolute Gasteiger partial charge is 0.274 e. The van der Waals surface area contributed by atoms with E-state index in [1.165, 1.54) is 11.3 Å². The van der Waals surface area contributed by atoms with Gasteiger partial charge in [0.05, 0.1) is 5.51 Å². The van der Waals surface area contributed by atoms with Crippen LogP contribution in [0.15, 0.2) is 15.4 Å². The first-order valence-electron chi connectivity index (χ1n) is 5.75. The predicted octanol–water partition coefficient (Wildman–Crippen LogP) is 1.81. The minimum Gasteiger partial charge on any atom is -0.337 e. The number of carbonyl (C=O) groups is 1. The summed E-state index contributed by atoms with van der Waals surface area (Å²) in [5.74, 6) is 1.06. The third-order valence-electron chi connectivity index (χ3n) is 2.99. The zero-order chi connectivity index (χ0) is 12.5. The van der Waals surface area contributed by atoms with Crippen LogP contribution in [0, 0.1) is 6.92 Å². The first-order chi connectivity index (χ1) is 8.75. The van der Waals surface area contributed by atoms with E-state index in [0.717, 1.165) is 12.8 Å². The van der Waals surface area contributed by atoms with Crippen LogP contribution in [0.3, 0.4) is 0 Å². The van der Waals surface area contributed by atoms with E-state index < -0.39 is 0 Å². The number of hydrogen-bond donors (Lipinski definition) is 0. The van der Waals surface area contributed by atoms with E-state index in [1.807, 2.05) is 0 Å². The minimum atomic E-state index is -0.111. The highest BCUT2D eigenvalue weighted by Crippen LogP contribution is 2.31. The molecule has 1 aliphatic rings. The fourth-order valence-electron chi connectivity index (χ4n) is 2.18. The van der Waals surface area contributed by atoms with Crippen molar-refractivity contribution >= 4 is 17.2 Å². The van der Waals surface area contributed by atoms with Crippen molar-refractivity contribution in [1.82, 2.24) is 20.0 Å². The molecule has 2 aromatic rings. The number of amides is 1. The molecule has 1 atom stereocenters. The van der Waals surface area contributed by atoms with Crippen LogP contribution in [0.2, 0.25) is 0 Å². The third-order valence-corrected chi connectivity index (χ3v) is 3.58. The molecule has 18 heavy (non-hydrogen) atoms. The summed E-state index contributed by atoms with van der Waals surface area (Å²) in [5, 5.41) is 5.54. The van der Waals surface area contributed by atoms with E-state index in [-0.39, 0.29) is 11.9 Å². The second-order valence-corrected chi connectivity index (χ2v) is 4.93. The van der Waals surface area contributed by atoms with Crippen molar-refractivity contribution in [3.05, 3.63) is 28.3 Å². The summed E-state index contributed by atoms with van der Waals surface area (Å²) in [7, 11) is 0. The molecule has 7 heteroatoms. The Bertz CT molecular complexity index is 551. The van der Waals surface area contributed by atoms with Crippen LogP contribution < -0.4 is 0 Å². The highest BCUT2D eigenvalue weighted by molar-refractivity contribution is 7.07. The summed E-state index contributed by atoms with van der Waals surface area (Å²) in [6.07, 6.45) is 1.81. The van der Waals surface area contributed by atoms with Crippen molar-refractivity contribution < 1.29 is 9.32 Å². The van der Waals surface area contributed by atoms with Gasteiger partial charge in [-0.05, 0) is 19.8 Å². The van der Waals surface area contributed by atoms with Gasteiger partial charge in [0.15, 0.2) is 5.82 Å². The number of aryl methyl sites for hydroxylation is 1. The van der Waals surface area contributed by atoms with Crippen LogP contribution in [-0.2, 0) is 0 Å². The first-order valence-corrected chi connectivity index (χ1v) is 6.69. The highest BCUT2D eigenvalue weighted by atomic mass is 32.1. The largest absolute Gasteiger partial charge is 0.337 e. The zero-order valence-electron chi connectivity index (χ0n) is 9.87. The van der Waals surface area contributed by atoms with E-state index in [9.17, 15) is 4.79 Å². The van der Waals surface area contributed by atoms with Gasteiger partial charge in [-0.25, -0.2) is 4.98 Å². The van der Waals surface area contributed by atoms with Gasteiger partial charge in [0, 0.05) is 11.9 Å². The van der Waals surface area contributed by atoms with E-state index in [1.54, 1.807) is 22.7 Å². The van der Waals surface area contributed by atoms with Gasteiger partial charge < -0.3 is 9.42 Å². The Labute approximate surface area is 108 Å². The maximum atomic E-state index is 12.3. The molecular weight excluding hydrogens is 252 g/mol. The van der Waals surface area contributed by atoms with Crippen LogP contribution in [0.5, 0.6) is 0 Å². The molecule has 0 N–H and O–H groups in total. The van der Waals surface area contributed by atoms with Crippen LogP contribution in [0.25, 0.3) is 0 Å². The van der Waals surface area contributed by atoms with Crippen LogP contribution in [-0.4, -0.2) is 32.5 Å². The lowest BCUT2D eigenvalue weighted by molar-refractivity contribution is 0.0705. The second kappa shape index (κ2) is 4.49. The van der Waals surface area contributed by atoms with Crippen molar-refractivity contribution in [1.29, 1.82) is 0 Å².